The van der Waals surface area contributed by atoms with E-state index in [1.807, 2.05) is 0 Å². The fourth-order valence-electron chi connectivity index (χ4n) is 4.31. The van der Waals surface area contributed by atoms with Crippen molar-refractivity contribution in [2.24, 2.45) is 11.8 Å². The molecule has 0 aromatic carbocycles. The fraction of sp³-hybridized carbons (Fsp3) is 1.00. The van der Waals surface area contributed by atoms with Gasteiger partial charge in [0.2, 0.25) is 0 Å². The van der Waals surface area contributed by atoms with Crippen LogP contribution in [0.2, 0.25) is 0 Å². The van der Waals surface area contributed by atoms with Gasteiger partial charge < -0.3 is 10.1 Å². The average Bonchev–Trinajstić information content (AvgIpc) is 2.39. The van der Waals surface area contributed by atoms with Gasteiger partial charge in [0, 0.05) is 12.6 Å². The molecular formula is C16H29NO. The standard InChI is InChI=1S/C16H29NO/c1-12(2)13-6-7-15-14(10-13)17-11-16(18-15)8-4-3-5-9-16/h12-15,17H,3-11H2,1-2H3. The van der Waals surface area contributed by atoms with Gasteiger partial charge in [0.05, 0.1) is 11.7 Å². The third kappa shape index (κ3) is 2.46. The molecule has 1 spiro atoms. The smallest absolute Gasteiger partial charge is 0.0810 e. The van der Waals surface area contributed by atoms with Crippen LogP contribution in [0.4, 0.5) is 0 Å². The zero-order valence-electron chi connectivity index (χ0n) is 12.1. The summed E-state index contributed by atoms with van der Waals surface area (Å²) in [6, 6.07) is 0.638. The number of hydrogen-bond acceptors (Lipinski definition) is 2. The lowest BCUT2D eigenvalue weighted by Crippen LogP contribution is -2.61. The topological polar surface area (TPSA) is 21.3 Å². The maximum absolute atomic E-state index is 6.58. The lowest BCUT2D eigenvalue weighted by molar-refractivity contribution is -0.165. The van der Waals surface area contributed by atoms with E-state index < -0.39 is 0 Å². The quantitative estimate of drug-likeness (QED) is 0.770. The van der Waals surface area contributed by atoms with E-state index in [4.69, 9.17) is 4.74 Å². The molecule has 3 aliphatic rings. The molecule has 2 nitrogen and oxygen atoms in total. The molecule has 0 radical (unpaired) electrons. The van der Waals surface area contributed by atoms with Crippen LogP contribution in [0.1, 0.15) is 65.2 Å². The number of nitrogens with one attached hydrogen (secondary N) is 1. The number of rotatable bonds is 1. The van der Waals surface area contributed by atoms with Crippen molar-refractivity contribution in [1.29, 1.82) is 0 Å². The van der Waals surface area contributed by atoms with Crippen LogP contribution in [0.25, 0.3) is 0 Å². The zero-order valence-corrected chi connectivity index (χ0v) is 12.1. The average molecular weight is 251 g/mol. The Kier molecular flexibility index (Phi) is 3.68. The van der Waals surface area contributed by atoms with E-state index in [1.54, 1.807) is 0 Å². The first-order valence-corrected chi connectivity index (χ1v) is 8.10. The largest absolute Gasteiger partial charge is 0.369 e. The summed E-state index contributed by atoms with van der Waals surface area (Å²) in [5, 5.41) is 3.84. The number of morpholine rings is 1. The van der Waals surface area contributed by atoms with Gasteiger partial charge in [0.15, 0.2) is 0 Å². The summed E-state index contributed by atoms with van der Waals surface area (Å²) >= 11 is 0. The molecule has 1 N–H and O–H groups in total. The Balaban J connectivity index is 1.62. The van der Waals surface area contributed by atoms with E-state index in [0.717, 1.165) is 18.4 Å². The fourth-order valence-corrected chi connectivity index (χ4v) is 4.31. The van der Waals surface area contributed by atoms with Gasteiger partial charge in [-0.2, -0.15) is 0 Å². The maximum atomic E-state index is 6.58. The lowest BCUT2D eigenvalue weighted by Gasteiger charge is -2.50. The minimum atomic E-state index is 0.212. The molecule has 2 saturated carbocycles. The van der Waals surface area contributed by atoms with Crippen LogP contribution in [0.15, 0.2) is 0 Å². The van der Waals surface area contributed by atoms with Crippen LogP contribution in [-0.2, 0) is 4.74 Å². The predicted octanol–water partition coefficient (Wildman–Crippen LogP) is 3.50. The van der Waals surface area contributed by atoms with Crippen molar-refractivity contribution in [3.63, 3.8) is 0 Å². The summed E-state index contributed by atoms with van der Waals surface area (Å²) in [6.45, 7) is 5.85. The summed E-state index contributed by atoms with van der Waals surface area (Å²) in [4.78, 5) is 0. The number of fused-ring (bicyclic) bond motifs is 1. The van der Waals surface area contributed by atoms with Crippen molar-refractivity contribution in [1.82, 2.24) is 5.32 Å². The van der Waals surface area contributed by atoms with E-state index in [-0.39, 0.29) is 5.60 Å². The molecule has 1 saturated heterocycles. The molecule has 0 bridgehead atoms. The van der Waals surface area contributed by atoms with Gasteiger partial charge in [0.1, 0.15) is 0 Å². The first-order valence-electron chi connectivity index (χ1n) is 8.10. The third-order valence-corrected chi connectivity index (χ3v) is 5.62. The summed E-state index contributed by atoms with van der Waals surface area (Å²) < 4.78 is 6.58. The van der Waals surface area contributed by atoms with Gasteiger partial charge >= 0.3 is 0 Å². The number of ether oxygens (including phenoxy) is 1. The Labute approximate surface area is 112 Å². The van der Waals surface area contributed by atoms with Gasteiger partial charge in [-0.05, 0) is 43.9 Å². The molecule has 2 heteroatoms. The molecule has 2 aliphatic carbocycles. The summed E-state index contributed by atoms with van der Waals surface area (Å²) in [6.07, 6.45) is 11.2. The van der Waals surface area contributed by atoms with E-state index in [2.05, 4.69) is 19.2 Å². The van der Waals surface area contributed by atoms with E-state index in [0.29, 0.717) is 12.1 Å². The predicted molar refractivity (Wildman–Crippen MR) is 74.7 cm³/mol. The van der Waals surface area contributed by atoms with Crippen LogP contribution < -0.4 is 5.32 Å². The van der Waals surface area contributed by atoms with Crippen LogP contribution in [-0.4, -0.2) is 24.3 Å². The van der Waals surface area contributed by atoms with Gasteiger partial charge in [0.25, 0.3) is 0 Å². The highest BCUT2D eigenvalue weighted by Crippen LogP contribution is 2.40. The van der Waals surface area contributed by atoms with Crippen LogP contribution >= 0.6 is 0 Å². The van der Waals surface area contributed by atoms with Gasteiger partial charge in [-0.15, -0.1) is 0 Å². The Morgan fingerprint density at radius 2 is 1.89 bits per heavy atom. The van der Waals surface area contributed by atoms with Crippen molar-refractivity contribution in [3.05, 3.63) is 0 Å². The van der Waals surface area contributed by atoms with Gasteiger partial charge in [-0.1, -0.05) is 33.1 Å². The molecule has 3 fully saturated rings. The van der Waals surface area contributed by atoms with Crippen molar-refractivity contribution < 1.29 is 4.74 Å². The second-order valence-electron chi connectivity index (χ2n) is 7.20. The summed E-state index contributed by atoms with van der Waals surface area (Å²) in [5.41, 5.74) is 0.212. The third-order valence-electron chi connectivity index (χ3n) is 5.62. The zero-order chi connectivity index (χ0) is 12.6. The first kappa shape index (κ1) is 12.9. The molecule has 0 amide bonds. The van der Waals surface area contributed by atoms with E-state index in [1.165, 1.54) is 51.4 Å². The molecule has 0 aromatic rings. The molecule has 18 heavy (non-hydrogen) atoms. The van der Waals surface area contributed by atoms with Crippen LogP contribution in [0, 0.1) is 11.8 Å². The number of hydrogen-bond donors (Lipinski definition) is 1. The molecule has 1 heterocycles. The second-order valence-corrected chi connectivity index (χ2v) is 7.20. The van der Waals surface area contributed by atoms with E-state index in [9.17, 15) is 0 Å². The Morgan fingerprint density at radius 3 is 2.61 bits per heavy atom. The lowest BCUT2D eigenvalue weighted by atomic mass is 9.75. The van der Waals surface area contributed by atoms with Gasteiger partial charge in [-0.3, -0.25) is 0 Å². The molecule has 1 aliphatic heterocycles. The monoisotopic (exact) mass is 251 g/mol. The first-order chi connectivity index (χ1) is 8.69. The minimum absolute atomic E-state index is 0.212. The van der Waals surface area contributed by atoms with E-state index >= 15 is 0 Å². The minimum Gasteiger partial charge on any atom is -0.369 e. The molecule has 104 valence electrons. The Morgan fingerprint density at radius 1 is 1.11 bits per heavy atom. The van der Waals surface area contributed by atoms with Crippen molar-refractivity contribution >= 4 is 0 Å². The van der Waals surface area contributed by atoms with Crippen molar-refractivity contribution in [3.8, 4) is 0 Å². The van der Waals surface area contributed by atoms with Crippen LogP contribution in [0.5, 0.6) is 0 Å². The Hall–Kier alpha value is -0.0800. The normalized spacial score (nSPS) is 39.8. The Bertz CT molecular complexity index is 283. The maximum Gasteiger partial charge on any atom is 0.0810 e. The highest BCUT2D eigenvalue weighted by molar-refractivity contribution is 4.98. The molecular weight excluding hydrogens is 222 g/mol. The molecule has 3 unspecified atom stereocenters. The van der Waals surface area contributed by atoms with Crippen molar-refractivity contribution in [2.75, 3.05) is 6.54 Å². The van der Waals surface area contributed by atoms with Gasteiger partial charge in [-0.25, -0.2) is 0 Å². The SMILES string of the molecule is CC(C)C1CCC2OC3(CCCCC3)CNC2C1. The van der Waals surface area contributed by atoms with Crippen LogP contribution in [0.3, 0.4) is 0 Å². The molecule has 3 atom stereocenters. The second kappa shape index (κ2) is 5.13. The summed E-state index contributed by atoms with van der Waals surface area (Å²) in [5.74, 6) is 1.74. The highest BCUT2D eigenvalue weighted by atomic mass is 16.5. The van der Waals surface area contributed by atoms with Crippen molar-refractivity contribution in [2.45, 2.75) is 83.0 Å². The highest BCUT2D eigenvalue weighted by Gasteiger charge is 2.44. The molecule has 0 aromatic heterocycles. The molecule has 3 rings (SSSR count). The summed E-state index contributed by atoms with van der Waals surface area (Å²) in [7, 11) is 0.